The zero-order valence-corrected chi connectivity index (χ0v) is 15.7. The molecule has 1 amide bonds. The van der Waals surface area contributed by atoms with E-state index in [2.05, 4.69) is 5.32 Å². The van der Waals surface area contributed by atoms with Crippen molar-refractivity contribution in [3.63, 3.8) is 0 Å². The van der Waals surface area contributed by atoms with Crippen LogP contribution in [0.5, 0.6) is 5.75 Å². The van der Waals surface area contributed by atoms with Crippen LogP contribution in [0.4, 0.5) is 5.69 Å². The molecule has 0 saturated heterocycles. The molecule has 0 aliphatic rings. The van der Waals surface area contributed by atoms with Crippen molar-refractivity contribution in [1.29, 1.82) is 0 Å². The Kier molecular flexibility index (Phi) is 6.95. The fourth-order valence-electron chi connectivity index (χ4n) is 2.32. The molecule has 0 aliphatic heterocycles. The number of rotatable bonds is 9. The normalized spacial score (nSPS) is 11.0. The van der Waals surface area contributed by atoms with E-state index in [1.54, 1.807) is 30.3 Å². The number of hydrogen-bond donors (Lipinski definition) is 2. The van der Waals surface area contributed by atoms with Crippen molar-refractivity contribution in [3.05, 3.63) is 54.1 Å². The number of nitrogens with one attached hydrogen (secondary N) is 1. The molecule has 2 aromatic carbocycles. The van der Waals surface area contributed by atoms with Gasteiger partial charge >= 0.3 is 5.97 Å². The summed E-state index contributed by atoms with van der Waals surface area (Å²) in [5.41, 5.74) is 1.43. The number of aryl methyl sites for hydroxylation is 1. The highest BCUT2D eigenvalue weighted by atomic mass is 32.2. The predicted molar refractivity (Wildman–Crippen MR) is 101 cm³/mol. The first-order valence-corrected chi connectivity index (χ1v) is 10.2. The second-order valence-electron chi connectivity index (χ2n) is 5.98. The fraction of sp³-hybridized carbons (Fsp3) is 0.263. The monoisotopic (exact) mass is 391 g/mol. The first-order chi connectivity index (χ1) is 12.7. The minimum atomic E-state index is -3.25. The number of aliphatic carboxylic acids is 1. The first-order valence-electron chi connectivity index (χ1n) is 8.27. The third-order valence-electron chi connectivity index (χ3n) is 3.69. The molecule has 0 saturated carbocycles. The van der Waals surface area contributed by atoms with Gasteiger partial charge in [0.15, 0.2) is 9.84 Å². The Morgan fingerprint density at radius 2 is 1.78 bits per heavy atom. The summed E-state index contributed by atoms with van der Waals surface area (Å²) in [6.45, 7) is 0.142. The largest absolute Gasteiger partial charge is 0.493 e. The molecular weight excluding hydrogens is 370 g/mol. The summed E-state index contributed by atoms with van der Waals surface area (Å²) in [5, 5.41) is 11.5. The van der Waals surface area contributed by atoms with E-state index in [1.165, 1.54) is 12.1 Å². The van der Waals surface area contributed by atoms with Crippen LogP contribution in [0.15, 0.2) is 53.4 Å². The number of ether oxygens (including phenoxy) is 1. The van der Waals surface area contributed by atoms with E-state index in [1.807, 2.05) is 6.07 Å². The average Bonchev–Trinajstić information content (AvgIpc) is 2.60. The summed E-state index contributed by atoms with van der Waals surface area (Å²) in [6, 6.07) is 13.0. The lowest BCUT2D eigenvalue weighted by Crippen LogP contribution is -2.15. The van der Waals surface area contributed by atoms with Crippen molar-refractivity contribution < 1.29 is 27.9 Å². The molecule has 2 rings (SSSR count). The second-order valence-corrected chi connectivity index (χ2v) is 8.00. The van der Waals surface area contributed by atoms with E-state index in [0.717, 1.165) is 11.8 Å². The van der Waals surface area contributed by atoms with Gasteiger partial charge in [0.05, 0.1) is 17.9 Å². The second kappa shape index (κ2) is 9.18. The van der Waals surface area contributed by atoms with Crippen LogP contribution in [-0.4, -0.2) is 38.3 Å². The Labute approximate surface area is 157 Å². The topological polar surface area (TPSA) is 110 Å². The lowest BCUT2D eigenvalue weighted by Gasteiger charge is -2.09. The van der Waals surface area contributed by atoms with Gasteiger partial charge in [0.2, 0.25) is 5.91 Å². The number of amides is 1. The van der Waals surface area contributed by atoms with Gasteiger partial charge in [-0.1, -0.05) is 12.1 Å². The number of carboxylic acids is 1. The van der Waals surface area contributed by atoms with Gasteiger partial charge < -0.3 is 15.2 Å². The summed E-state index contributed by atoms with van der Waals surface area (Å²) in [5.74, 6) is -0.629. The Balaban J connectivity index is 1.81. The highest BCUT2D eigenvalue weighted by Crippen LogP contribution is 2.16. The van der Waals surface area contributed by atoms with E-state index in [9.17, 15) is 18.0 Å². The van der Waals surface area contributed by atoms with Crippen LogP contribution in [0.2, 0.25) is 0 Å². The predicted octanol–water partition coefficient (Wildman–Crippen LogP) is 2.51. The molecule has 8 heteroatoms. The van der Waals surface area contributed by atoms with Crippen LogP contribution >= 0.6 is 0 Å². The summed E-state index contributed by atoms with van der Waals surface area (Å²) in [6.07, 6.45) is 1.67. The molecular formula is C19H21NO6S. The number of hydrogen-bond acceptors (Lipinski definition) is 5. The van der Waals surface area contributed by atoms with E-state index in [4.69, 9.17) is 9.84 Å². The number of benzene rings is 2. The first kappa shape index (κ1) is 20.4. The average molecular weight is 391 g/mol. The molecule has 0 aliphatic carbocycles. The maximum absolute atomic E-state index is 12.0. The Morgan fingerprint density at radius 3 is 2.41 bits per heavy atom. The highest BCUT2D eigenvalue weighted by Gasteiger charge is 2.08. The van der Waals surface area contributed by atoms with Gasteiger partial charge in [-0.05, 0) is 48.4 Å². The molecule has 2 N–H and O–H groups in total. The van der Waals surface area contributed by atoms with Crippen molar-refractivity contribution in [1.82, 2.24) is 0 Å². The van der Waals surface area contributed by atoms with E-state index < -0.39 is 15.8 Å². The molecule has 0 spiro atoms. The van der Waals surface area contributed by atoms with Crippen molar-refractivity contribution in [2.45, 2.75) is 24.2 Å². The minimum absolute atomic E-state index is 0.0311. The fourth-order valence-corrected chi connectivity index (χ4v) is 2.95. The van der Waals surface area contributed by atoms with Crippen LogP contribution in [0.1, 0.15) is 18.4 Å². The highest BCUT2D eigenvalue weighted by molar-refractivity contribution is 7.90. The van der Waals surface area contributed by atoms with Crippen molar-refractivity contribution in [3.8, 4) is 5.75 Å². The lowest BCUT2D eigenvalue weighted by molar-refractivity contribution is -0.137. The molecule has 7 nitrogen and oxygen atoms in total. The van der Waals surface area contributed by atoms with Gasteiger partial charge in [0.25, 0.3) is 0 Å². The van der Waals surface area contributed by atoms with Crippen LogP contribution in [0, 0.1) is 0 Å². The molecule has 27 heavy (non-hydrogen) atoms. The molecule has 0 bridgehead atoms. The molecule has 0 aromatic heterocycles. The number of sulfone groups is 1. The number of carboxylic acid groups (broad SMARTS) is 1. The van der Waals surface area contributed by atoms with Crippen LogP contribution < -0.4 is 10.1 Å². The van der Waals surface area contributed by atoms with Gasteiger partial charge in [-0.25, -0.2) is 8.42 Å². The molecule has 0 radical (unpaired) electrons. The maximum atomic E-state index is 12.0. The Bertz CT molecular complexity index is 906. The molecule has 144 valence electrons. The quantitative estimate of drug-likeness (QED) is 0.680. The van der Waals surface area contributed by atoms with E-state index in [-0.39, 0.29) is 30.3 Å². The zero-order chi connectivity index (χ0) is 19.9. The Morgan fingerprint density at radius 1 is 1.07 bits per heavy atom. The van der Waals surface area contributed by atoms with E-state index >= 15 is 0 Å². The standard InChI is InChI=1S/C19H21NO6S/c1-27(24,25)17-8-6-16(7-9-17)26-12-11-18(21)20-15-4-2-3-14(13-15)5-10-19(22)23/h2-4,6-9,13H,5,10-12H2,1H3,(H,20,21)(H,22,23). The molecule has 0 heterocycles. The van der Waals surface area contributed by atoms with Crippen LogP contribution in [0.25, 0.3) is 0 Å². The smallest absolute Gasteiger partial charge is 0.303 e. The molecule has 0 fully saturated rings. The van der Waals surface area contributed by atoms with Gasteiger partial charge in [-0.3, -0.25) is 9.59 Å². The zero-order valence-electron chi connectivity index (χ0n) is 14.8. The SMILES string of the molecule is CS(=O)(=O)c1ccc(OCCC(=O)Nc2cccc(CCC(=O)O)c2)cc1. The van der Waals surface area contributed by atoms with Crippen LogP contribution in [-0.2, 0) is 25.8 Å². The van der Waals surface area contributed by atoms with Crippen molar-refractivity contribution in [2.24, 2.45) is 0 Å². The van der Waals surface area contributed by atoms with Gasteiger partial charge in [0, 0.05) is 18.4 Å². The number of carbonyl (C=O) groups excluding carboxylic acids is 1. The van der Waals surface area contributed by atoms with Crippen molar-refractivity contribution in [2.75, 3.05) is 18.2 Å². The lowest BCUT2D eigenvalue weighted by atomic mass is 10.1. The summed E-state index contributed by atoms with van der Waals surface area (Å²) >= 11 is 0. The van der Waals surface area contributed by atoms with E-state index in [0.29, 0.717) is 17.9 Å². The summed E-state index contributed by atoms with van der Waals surface area (Å²) < 4.78 is 28.2. The molecule has 0 atom stereocenters. The summed E-state index contributed by atoms with van der Waals surface area (Å²) in [7, 11) is -3.25. The third-order valence-corrected chi connectivity index (χ3v) is 4.82. The molecule has 2 aromatic rings. The number of carbonyl (C=O) groups is 2. The van der Waals surface area contributed by atoms with Gasteiger partial charge in [-0.15, -0.1) is 0 Å². The third kappa shape index (κ3) is 7.10. The van der Waals surface area contributed by atoms with Crippen molar-refractivity contribution >= 4 is 27.4 Å². The Hall–Kier alpha value is -2.87. The van der Waals surface area contributed by atoms with Gasteiger partial charge in [-0.2, -0.15) is 0 Å². The number of anilines is 1. The molecule has 0 unspecified atom stereocenters. The van der Waals surface area contributed by atoms with Gasteiger partial charge in [0.1, 0.15) is 5.75 Å². The minimum Gasteiger partial charge on any atom is -0.493 e. The van der Waals surface area contributed by atoms with Crippen LogP contribution in [0.3, 0.4) is 0 Å². The maximum Gasteiger partial charge on any atom is 0.303 e. The summed E-state index contributed by atoms with van der Waals surface area (Å²) in [4.78, 5) is 22.8.